The molecule has 2 rings (SSSR count). The van der Waals surface area contributed by atoms with E-state index in [9.17, 15) is 5.26 Å². The van der Waals surface area contributed by atoms with E-state index in [0.717, 1.165) is 56.8 Å². The maximum Gasteiger partial charge on any atom is 0.118 e. The topological polar surface area (TPSA) is 40.2 Å². The van der Waals surface area contributed by atoms with Gasteiger partial charge in [0.15, 0.2) is 0 Å². The third-order valence-electron chi connectivity index (χ3n) is 3.64. The summed E-state index contributed by atoms with van der Waals surface area (Å²) in [5.74, 6) is 2.10. The van der Waals surface area contributed by atoms with Crippen LogP contribution in [0.4, 0.5) is 0 Å². The second-order valence-electron chi connectivity index (χ2n) is 5.60. The van der Waals surface area contributed by atoms with E-state index in [1.807, 2.05) is 0 Å². The number of furan rings is 1. The highest BCUT2D eigenvalue weighted by Crippen LogP contribution is 2.29. The highest BCUT2D eigenvalue weighted by Gasteiger charge is 2.31. The van der Waals surface area contributed by atoms with Crippen LogP contribution in [0.1, 0.15) is 44.6 Å². The van der Waals surface area contributed by atoms with E-state index in [0.29, 0.717) is 0 Å². The van der Waals surface area contributed by atoms with Gasteiger partial charge in [-0.1, -0.05) is 6.92 Å². The summed E-state index contributed by atoms with van der Waals surface area (Å²) in [5, 5.41) is 9.21. The van der Waals surface area contributed by atoms with Crippen molar-refractivity contribution in [1.29, 1.82) is 5.26 Å². The zero-order chi connectivity index (χ0) is 13.0. The number of likely N-dealkylation sites (tertiary alicyclic amines) is 1. The molecule has 18 heavy (non-hydrogen) atoms. The fraction of sp³-hybridized carbons (Fsp3) is 0.667. The molecule has 0 spiro atoms. The molecular formula is C15H22N2O. The molecule has 0 bridgehead atoms. The number of rotatable bonds is 4. The van der Waals surface area contributed by atoms with Gasteiger partial charge in [-0.05, 0) is 44.9 Å². The first-order valence-electron chi connectivity index (χ1n) is 6.86. The summed E-state index contributed by atoms with van der Waals surface area (Å²) in [4.78, 5) is 2.33. The van der Waals surface area contributed by atoms with Gasteiger partial charge in [-0.2, -0.15) is 5.26 Å². The van der Waals surface area contributed by atoms with Gasteiger partial charge in [0, 0.05) is 13.0 Å². The first-order chi connectivity index (χ1) is 8.65. The maximum atomic E-state index is 9.21. The molecule has 1 saturated heterocycles. The van der Waals surface area contributed by atoms with Crippen LogP contribution in [0.3, 0.4) is 0 Å². The molecule has 1 aromatic heterocycles. The smallest absolute Gasteiger partial charge is 0.118 e. The van der Waals surface area contributed by atoms with Crippen LogP contribution in [0.2, 0.25) is 0 Å². The number of aryl methyl sites for hydroxylation is 1. The monoisotopic (exact) mass is 246 g/mol. The van der Waals surface area contributed by atoms with E-state index in [-0.39, 0.29) is 5.41 Å². The van der Waals surface area contributed by atoms with Crippen LogP contribution >= 0.6 is 0 Å². The van der Waals surface area contributed by atoms with Gasteiger partial charge in [0.2, 0.25) is 0 Å². The Morgan fingerprint density at radius 1 is 1.44 bits per heavy atom. The molecule has 1 unspecified atom stereocenters. The number of piperidine rings is 1. The summed E-state index contributed by atoms with van der Waals surface area (Å²) in [6.45, 7) is 6.98. The van der Waals surface area contributed by atoms with Crippen molar-refractivity contribution in [3.05, 3.63) is 23.7 Å². The summed E-state index contributed by atoms with van der Waals surface area (Å²) in [5.41, 5.74) is -0.183. The zero-order valence-corrected chi connectivity index (χ0v) is 11.4. The first kappa shape index (κ1) is 13.2. The minimum atomic E-state index is -0.183. The number of nitrogens with zero attached hydrogens (tertiary/aromatic N) is 2. The molecular weight excluding hydrogens is 224 g/mol. The molecule has 0 N–H and O–H groups in total. The Kier molecular flexibility index (Phi) is 4.08. The molecule has 2 heterocycles. The van der Waals surface area contributed by atoms with Crippen molar-refractivity contribution >= 4 is 0 Å². The van der Waals surface area contributed by atoms with Gasteiger partial charge >= 0.3 is 0 Å². The Hall–Kier alpha value is -1.27. The standard InChI is InChI=1S/C15H22N2O/c1-3-5-13-6-7-14(18-13)10-17-9-4-8-15(2,11-16)12-17/h6-7H,3-5,8-10,12H2,1-2H3. The normalized spacial score (nSPS) is 24.9. The lowest BCUT2D eigenvalue weighted by Gasteiger charge is -2.35. The van der Waals surface area contributed by atoms with Crippen LogP contribution in [-0.4, -0.2) is 18.0 Å². The van der Waals surface area contributed by atoms with Gasteiger partial charge in [-0.3, -0.25) is 4.90 Å². The summed E-state index contributed by atoms with van der Waals surface area (Å²) in [7, 11) is 0. The molecule has 0 radical (unpaired) electrons. The van der Waals surface area contributed by atoms with E-state index in [1.54, 1.807) is 0 Å². The van der Waals surface area contributed by atoms with Gasteiger partial charge < -0.3 is 4.42 Å². The minimum absolute atomic E-state index is 0.183. The lowest BCUT2D eigenvalue weighted by molar-refractivity contribution is 0.128. The molecule has 1 aliphatic rings. The molecule has 0 aromatic carbocycles. The van der Waals surface area contributed by atoms with Crippen molar-refractivity contribution in [3.63, 3.8) is 0 Å². The Bertz CT molecular complexity index is 432. The number of nitriles is 1. The van der Waals surface area contributed by atoms with Crippen molar-refractivity contribution in [2.75, 3.05) is 13.1 Å². The Labute approximate surface area is 109 Å². The zero-order valence-electron chi connectivity index (χ0n) is 11.4. The van der Waals surface area contributed by atoms with Gasteiger partial charge in [-0.25, -0.2) is 0 Å². The maximum absolute atomic E-state index is 9.21. The SMILES string of the molecule is CCCc1ccc(CN2CCCC(C)(C#N)C2)o1. The molecule has 1 fully saturated rings. The van der Waals surface area contributed by atoms with Crippen LogP contribution in [0.25, 0.3) is 0 Å². The Morgan fingerprint density at radius 2 is 2.22 bits per heavy atom. The minimum Gasteiger partial charge on any atom is -0.465 e. The number of hydrogen-bond donors (Lipinski definition) is 0. The molecule has 1 atom stereocenters. The fourth-order valence-corrected chi connectivity index (χ4v) is 2.68. The van der Waals surface area contributed by atoms with Crippen molar-refractivity contribution in [2.24, 2.45) is 5.41 Å². The third-order valence-corrected chi connectivity index (χ3v) is 3.64. The Balaban J connectivity index is 1.94. The number of hydrogen-bond acceptors (Lipinski definition) is 3. The fourth-order valence-electron chi connectivity index (χ4n) is 2.68. The van der Waals surface area contributed by atoms with Gasteiger partial charge in [-0.15, -0.1) is 0 Å². The summed E-state index contributed by atoms with van der Waals surface area (Å²) < 4.78 is 5.80. The third kappa shape index (κ3) is 3.14. The lowest BCUT2D eigenvalue weighted by atomic mass is 9.83. The molecule has 1 aromatic rings. The van der Waals surface area contributed by atoms with Crippen LogP contribution in [0, 0.1) is 16.7 Å². The van der Waals surface area contributed by atoms with Crippen molar-refractivity contribution in [3.8, 4) is 6.07 Å². The van der Waals surface area contributed by atoms with E-state index in [4.69, 9.17) is 4.42 Å². The summed E-state index contributed by atoms with van der Waals surface area (Å²) in [6, 6.07) is 6.60. The van der Waals surface area contributed by atoms with Crippen LogP contribution in [-0.2, 0) is 13.0 Å². The van der Waals surface area contributed by atoms with Crippen molar-refractivity contribution in [2.45, 2.75) is 46.1 Å². The second kappa shape index (κ2) is 5.58. The highest BCUT2D eigenvalue weighted by atomic mass is 16.3. The van der Waals surface area contributed by atoms with E-state index in [1.165, 1.54) is 0 Å². The summed E-state index contributed by atoms with van der Waals surface area (Å²) in [6.07, 6.45) is 4.24. The predicted molar refractivity (Wildman–Crippen MR) is 70.9 cm³/mol. The van der Waals surface area contributed by atoms with E-state index in [2.05, 4.69) is 36.9 Å². The average Bonchev–Trinajstić information content (AvgIpc) is 2.77. The van der Waals surface area contributed by atoms with Gasteiger partial charge in [0.1, 0.15) is 11.5 Å². The first-order valence-corrected chi connectivity index (χ1v) is 6.86. The molecule has 3 nitrogen and oxygen atoms in total. The average molecular weight is 246 g/mol. The van der Waals surface area contributed by atoms with Crippen molar-refractivity contribution in [1.82, 2.24) is 4.90 Å². The Morgan fingerprint density at radius 3 is 2.94 bits per heavy atom. The predicted octanol–water partition coefficient (Wildman–Crippen LogP) is 3.36. The van der Waals surface area contributed by atoms with Gasteiger partial charge in [0.25, 0.3) is 0 Å². The van der Waals surface area contributed by atoms with E-state index < -0.39 is 0 Å². The molecule has 0 aliphatic carbocycles. The molecule has 1 aliphatic heterocycles. The second-order valence-corrected chi connectivity index (χ2v) is 5.60. The summed E-state index contributed by atoms with van der Waals surface area (Å²) >= 11 is 0. The molecule has 98 valence electrons. The quantitative estimate of drug-likeness (QED) is 0.818. The van der Waals surface area contributed by atoms with Crippen LogP contribution in [0.15, 0.2) is 16.5 Å². The molecule has 0 amide bonds. The van der Waals surface area contributed by atoms with Crippen LogP contribution in [0.5, 0.6) is 0 Å². The highest BCUT2D eigenvalue weighted by molar-refractivity contribution is 5.08. The van der Waals surface area contributed by atoms with Gasteiger partial charge in [0.05, 0.1) is 18.0 Å². The van der Waals surface area contributed by atoms with Crippen LogP contribution < -0.4 is 0 Å². The van der Waals surface area contributed by atoms with Crippen molar-refractivity contribution < 1.29 is 4.42 Å². The lowest BCUT2D eigenvalue weighted by Crippen LogP contribution is -2.40. The van der Waals surface area contributed by atoms with E-state index >= 15 is 0 Å². The molecule has 3 heteroatoms. The largest absolute Gasteiger partial charge is 0.465 e. The molecule has 0 saturated carbocycles.